The van der Waals surface area contributed by atoms with E-state index in [0.29, 0.717) is 35.8 Å². The van der Waals surface area contributed by atoms with Crippen LogP contribution < -0.4 is 10.4 Å². The quantitative estimate of drug-likeness (QED) is 0.438. The van der Waals surface area contributed by atoms with Crippen molar-refractivity contribution >= 4 is 11.2 Å². The van der Waals surface area contributed by atoms with E-state index in [-0.39, 0.29) is 5.82 Å². The van der Waals surface area contributed by atoms with Crippen molar-refractivity contribution in [3.8, 4) is 17.3 Å². The second kappa shape index (κ2) is 7.60. The average Bonchev–Trinajstić information content (AvgIpc) is 3.25. The van der Waals surface area contributed by atoms with Gasteiger partial charge in [0.05, 0.1) is 26.5 Å². The number of halogens is 1. The predicted octanol–water partition coefficient (Wildman–Crippen LogP) is 2.73. The van der Waals surface area contributed by atoms with Crippen LogP contribution in [0.25, 0.3) is 22.7 Å². The molecule has 0 radical (unpaired) electrons. The molecular formula is C22H17FN6O2. The molecule has 2 aliphatic rings. The monoisotopic (exact) mass is 416 g/mol. The maximum atomic E-state index is 13.2. The van der Waals surface area contributed by atoms with Gasteiger partial charge in [0.25, 0.3) is 0 Å². The van der Waals surface area contributed by atoms with Crippen molar-refractivity contribution < 1.29 is 9.13 Å². The summed E-state index contributed by atoms with van der Waals surface area (Å²) in [5.74, 6) is 0.860. The third kappa shape index (κ3) is 3.50. The van der Waals surface area contributed by atoms with E-state index in [4.69, 9.17) is 4.74 Å². The molecule has 3 heterocycles. The Morgan fingerprint density at radius 2 is 1.65 bits per heavy atom. The molecule has 0 N–H and O–H groups in total. The summed E-state index contributed by atoms with van der Waals surface area (Å²) in [6.45, 7) is 0.764. The number of hydrogen-bond donors (Lipinski definition) is 0. The Morgan fingerprint density at radius 3 is 2.39 bits per heavy atom. The fourth-order valence-electron chi connectivity index (χ4n) is 3.49. The van der Waals surface area contributed by atoms with E-state index >= 15 is 0 Å². The number of ether oxygens (including phenoxy) is 1. The molecule has 0 unspecified atom stereocenters. The lowest BCUT2D eigenvalue weighted by molar-refractivity contribution is 0.414. The topological polar surface area (TPSA) is 87.7 Å². The Kier molecular flexibility index (Phi) is 4.62. The zero-order valence-corrected chi connectivity index (χ0v) is 16.6. The van der Waals surface area contributed by atoms with E-state index in [1.54, 1.807) is 25.6 Å². The van der Waals surface area contributed by atoms with Crippen LogP contribution in [0.15, 0.2) is 66.0 Å². The minimum Gasteiger partial charge on any atom is -0.497 e. The lowest BCUT2D eigenvalue weighted by Gasteiger charge is -2.05. The minimum absolute atomic E-state index is 0.292. The SMILES string of the molecule is COc1ccc(Cn2c3ncnc4c(ncn4Cc4ccc(F)cc4)c-3nc2=O)cc1. The summed E-state index contributed by atoms with van der Waals surface area (Å²) in [5.41, 5.74) is 2.83. The third-order valence-corrected chi connectivity index (χ3v) is 5.07. The van der Waals surface area contributed by atoms with E-state index < -0.39 is 5.69 Å². The van der Waals surface area contributed by atoms with Gasteiger partial charge in [-0.3, -0.25) is 4.57 Å². The van der Waals surface area contributed by atoms with Crippen molar-refractivity contribution in [1.29, 1.82) is 0 Å². The number of benzene rings is 2. The fraction of sp³-hybridized carbons (Fsp3) is 0.136. The van der Waals surface area contributed by atoms with E-state index in [0.717, 1.165) is 16.9 Å². The first-order valence-electron chi connectivity index (χ1n) is 9.56. The summed E-state index contributed by atoms with van der Waals surface area (Å²) < 4.78 is 21.7. The molecule has 8 nitrogen and oxygen atoms in total. The number of rotatable bonds is 5. The van der Waals surface area contributed by atoms with Crippen LogP contribution in [0.1, 0.15) is 11.1 Å². The Hall–Kier alpha value is -4.14. The first kappa shape index (κ1) is 18.9. The molecule has 0 fully saturated rings. The largest absolute Gasteiger partial charge is 0.497 e. The van der Waals surface area contributed by atoms with Gasteiger partial charge in [0.15, 0.2) is 11.5 Å². The average molecular weight is 416 g/mol. The van der Waals surface area contributed by atoms with Gasteiger partial charge in [0.2, 0.25) is 0 Å². The number of nitrogens with zero attached hydrogens (tertiary/aromatic N) is 6. The van der Waals surface area contributed by atoms with Gasteiger partial charge in [-0.05, 0) is 35.4 Å². The molecule has 0 saturated heterocycles. The van der Waals surface area contributed by atoms with Crippen LogP contribution in [0.4, 0.5) is 4.39 Å². The summed E-state index contributed by atoms with van der Waals surface area (Å²) in [6, 6.07) is 13.7. The molecule has 0 saturated carbocycles. The van der Waals surface area contributed by atoms with Crippen LogP contribution in [-0.2, 0) is 13.1 Å². The van der Waals surface area contributed by atoms with Crippen LogP contribution in [0.5, 0.6) is 5.75 Å². The molecule has 31 heavy (non-hydrogen) atoms. The van der Waals surface area contributed by atoms with Gasteiger partial charge in [0, 0.05) is 0 Å². The molecule has 154 valence electrons. The zero-order valence-electron chi connectivity index (χ0n) is 16.6. The van der Waals surface area contributed by atoms with E-state index in [1.165, 1.54) is 23.0 Å². The van der Waals surface area contributed by atoms with Crippen molar-refractivity contribution in [1.82, 2.24) is 29.1 Å². The van der Waals surface area contributed by atoms with Crippen LogP contribution in [0.2, 0.25) is 0 Å². The fourth-order valence-corrected chi connectivity index (χ4v) is 3.49. The summed E-state index contributed by atoms with van der Waals surface area (Å²) >= 11 is 0. The van der Waals surface area contributed by atoms with Crippen molar-refractivity contribution in [2.75, 3.05) is 7.11 Å². The van der Waals surface area contributed by atoms with Gasteiger partial charge in [-0.1, -0.05) is 24.3 Å². The number of imidazole rings is 2. The summed E-state index contributed by atoms with van der Waals surface area (Å²) in [5, 5.41) is 0. The van der Waals surface area contributed by atoms with Crippen LogP contribution in [0.3, 0.4) is 0 Å². The Balaban J connectivity index is 1.53. The van der Waals surface area contributed by atoms with E-state index in [1.807, 2.05) is 28.8 Å². The lowest BCUT2D eigenvalue weighted by Crippen LogP contribution is -2.17. The van der Waals surface area contributed by atoms with Gasteiger partial charge in [-0.15, -0.1) is 0 Å². The summed E-state index contributed by atoms with van der Waals surface area (Å²) in [4.78, 5) is 30.1. The molecule has 2 aliphatic heterocycles. The van der Waals surface area contributed by atoms with Crippen LogP contribution in [0, 0.1) is 5.82 Å². The first-order chi connectivity index (χ1) is 15.1. The molecular weight excluding hydrogens is 399 g/mol. The lowest BCUT2D eigenvalue weighted by atomic mass is 10.2. The first-order valence-corrected chi connectivity index (χ1v) is 9.56. The molecule has 0 amide bonds. The Bertz CT molecular complexity index is 1390. The number of hydrogen-bond acceptors (Lipinski definition) is 6. The van der Waals surface area contributed by atoms with Gasteiger partial charge in [0.1, 0.15) is 29.1 Å². The maximum Gasteiger partial charge on any atom is 0.350 e. The Morgan fingerprint density at radius 1 is 0.935 bits per heavy atom. The number of aromatic nitrogens is 6. The number of methoxy groups -OCH3 is 1. The highest BCUT2D eigenvalue weighted by Gasteiger charge is 2.21. The van der Waals surface area contributed by atoms with Gasteiger partial charge in [-0.2, -0.15) is 4.98 Å². The van der Waals surface area contributed by atoms with Crippen LogP contribution >= 0.6 is 0 Å². The van der Waals surface area contributed by atoms with Gasteiger partial charge < -0.3 is 9.30 Å². The minimum atomic E-state index is -0.404. The van der Waals surface area contributed by atoms with Crippen molar-refractivity contribution in [3.63, 3.8) is 0 Å². The molecule has 0 bridgehead atoms. The molecule has 0 spiro atoms. The number of fused-ring (bicyclic) bond motifs is 3. The molecule has 0 aliphatic carbocycles. The smallest absolute Gasteiger partial charge is 0.350 e. The van der Waals surface area contributed by atoms with Crippen molar-refractivity contribution in [3.05, 3.63) is 88.6 Å². The summed E-state index contributed by atoms with van der Waals surface area (Å²) in [7, 11) is 1.60. The van der Waals surface area contributed by atoms with E-state index in [2.05, 4.69) is 19.9 Å². The maximum absolute atomic E-state index is 13.2. The third-order valence-electron chi connectivity index (χ3n) is 5.07. The van der Waals surface area contributed by atoms with Gasteiger partial charge in [-0.25, -0.2) is 24.1 Å². The molecule has 3 aromatic rings. The standard InChI is InChI=1S/C22H17FN6O2/c1-31-17-8-4-15(5-9-17)11-29-21-19(27-22(29)30)18-20(24-12-25-21)28(13-26-18)10-14-2-6-16(23)7-3-14/h2-9,12-13H,10-11H2,1H3. The zero-order chi connectivity index (χ0) is 21.4. The van der Waals surface area contributed by atoms with E-state index in [9.17, 15) is 9.18 Å². The molecule has 9 heteroatoms. The van der Waals surface area contributed by atoms with Crippen molar-refractivity contribution in [2.24, 2.45) is 0 Å². The second-order valence-electron chi connectivity index (χ2n) is 7.05. The molecule has 2 aromatic carbocycles. The molecule has 1 aromatic heterocycles. The van der Waals surface area contributed by atoms with Gasteiger partial charge >= 0.3 is 5.69 Å². The second-order valence-corrected chi connectivity index (χ2v) is 7.05. The molecule has 5 rings (SSSR count). The normalized spacial score (nSPS) is 11.3. The highest BCUT2D eigenvalue weighted by atomic mass is 19.1. The molecule has 0 atom stereocenters. The predicted molar refractivity (Wildman–Crippen MR) is 112 cm³/mol. The van der Waals surface area contributed by atoms with Crippen molar-refractivity contribution in [2.45, 2.75) is 13.1 Å². The summed E-state index contributed by atoms with van der Waals surface area (Å²) in [6.07, 6.45) is 3.03. The van der Waals surface area contributed by atoms with Crippen LogP contribution in [-0.4, -0.2) is 36.2 Å². The highest BCUT2D eigenvalue weighted by Crippen LogP contribution is 2.24. The highest BCUT2D eigenvalue weighted by molar-refractivity contribution is 5.85. The Labute approximate surface area is 176 Å².